The van der Waals surface area contributed by atoms with Gasteiger partial charge in [-0.25, -0.2) is 0 Å². The van der Waals surface area contributed by atoms with E-state index >= 15 is 0 Å². The van der Waals surface area contributed by atoms with Crippen molar-refractivity contribution >= 4 is 33.8 Å². The number of ether oxygens (including phenoxy) is 1. The summed E-state index contributed by atoms with van der Waals surface area (Å²) < 4.78 is 6.83. The third-order valence-corrected chi connectivity index (χ3v) is 6.74. The van der Waals surface area contributed by atoms with Gasteiger partial charge in [-0.05, 0) is 49.4 Å². The number of rotatable bonds is 8. The van der Waals surface area contributed by atoms with Crippen molar-refractivity contribution < 1.29 is 4.74 Å². The molecule has 1 aliphatic rings. The van der Waals surface area contributed by atoms with Crippen molar-refractivity contribution in [3.05, 3.63) is 36.4 Å². The number of para-hydroxylation sites is 2. The van der Waals surface area contributed by atoms with Gasteiger partial charge < -0.3 is 15.4 Å². The molecule has 1 aliphatic heterocycles. The van der Waals surface area contributed by atoms with Crippen LogP contribution in [0.15, 0.2) is 40.6 Å². The summed E-state index contributed by atoms with van der Waals surface area (Å²) in [5.41, 5.74) is 6.98. The van der Waals surface area contributed by atoms with Gasteiger partial charge in [0.05, 0.1) is 22.0 Å². The molecule has 0 saturated carbocycles. The quantitative estimate of drug-likeness (QED) is 0.556. The highest BCUT2D eigenvalue weighted by molar-refractivity contribution is 8.01. The Morgan fingerprint density at radius 3 is 2.60 bits per heavy atom. The first-order valence-corrected chi connectivity index (χ1v) is 10.6. The van der Waals surface area contributed by atoms with E-state index in [0.29, 0.717) is 0 Å². The van der Waals surface area contributed by atoms with Gasteiger partial charge in [-0.2, -0.15) is 0 Å². The van der Waals surface area contributed by atoms with Crippen LogP contribution < -0.4 is 15.4 Å². The van der Waals surface area contributed by atoms with Gasteiger partial charge in [0.2, 0.25) is 0 Å². The molecule has 0 amide bonds. The Labute approximate surface area is 159 Å². The fourth-order valence-corrected chi connectivity index (χ4v) is 5.12. The maximum atomic E-state index is 5.76. The van der Waals surface area contributed by atoms with Crippen LogP contribution >= 0.6 is 23.1 Å². The minimum absolute atomic E-state index is 0.912. The van der Waals surface area contributed by atoms with E-state index in [9.17, 15) is 0 Å². The first-order valence-electron chi connectivity index (χ1n) is 8.84. The number of hydrogen-bond acceptors (Lipinski definition) is 6. The lowest BCUT2D eigenvalue weighted by Crippen LogP contribution is -2.46. The molecular formula is C19H27N3OS2. The topological polar surface area (TPSA) is 41.7 Å². The summed E-state index contributed by atoms with van der Waals surface area (Å²) in [5, 5.41) is 0.912. The normalized spacial score (nSPS) is 15.5. The van der Waals surface area contributed by atoms with Crippen LogP contribution in [0, 0.1) is 0 Å². The predicted molar refractivity (Wildman–Crippen MR) is 110 cm³/mol. The third kappa shape index (κ3) is 5.30. The van der Waals surface area contributed by atoms with E-state index in [1.807, 2.05) is 30.0 Å². The molecule has 2 aromatic rings. The molecule has 136 valence electrons. The molecule has 1 aromatic heterocycles. The molecule has 1 aromatic carbocycles. The molecule has 2 heterocycles. The largest absolute Gasteiger partial charge is 0.495 e. The van der Waals surface area contributed by atoms with Crippen LogP contribution in [0.1, 0.15) is 12.8 Å². The number of unbranched alkanes of at least 4 members (excludes halogenated alkanes) is 1. The van der Waals surface area contributed by atoms with Crippen LogP contribution in [0.5, 0.6) is 5.75 Å². The number of benzene rings is 1. The summed E-state index contributed by atoms with van der Waals surface area (Å²) in [6.07, 6.45) is 2.53. The van der Waals surface area contributed by atoms with Crippen LogP contribution in [-0.2, 0) is 0 Å². The van der Waals surface area contributed by atoms with E-state index in [2.05, 4.69) is 28.0 Å². The Kier molecular flexibility index (Phi) is 6.90. The van der Waals surface area contributed by atoms with Crippen LogP contribution in [0.25, 0.3) is 0 Å². The number of anilines is 2. The molecule has 0 radical (unpaired) electrons. The molecule has 0 spiro atoms. The summed E-state index contributed by atoms with van der Waals surface area (Å²) >= 11 is 3.62. The second-order valence-electron chi connectivity index (χ2n) is 6.21. The molecule has 0 unspecified atom stereocenters. The zero-order valence-corrected chi connectivity index (χ0v) is 16.5. The molecule has 0 bridgehead atoms. The van der Waals surface area contributed by atoms with E-state index in [1.165, 1.54) is 35.0 Å². The second-order valence-corrected chi connectivity index (χ2v) is 8.72. The monoisotopic (exact) mass is 377 g/mol. The standard InChI is InChI=1S/C19H27N3OS2/c1-23-17-7-3-2-6-16(17)22-13-11-21(12-14-22)10-4-5-15-24-19-9-8-18(20)25-19/h2-3,6-9H,4-5,10-15,20H2,1H3. The van der Waals surface area contributed by atoms with Gasteiger partial charge in [0.25, 0.3) is 0 Å². The molecule has 25 heavy (non-hydrogen) atoms. The van der Waals surface area contributed by atoms with Gasteiger partial charge in [-0.1, -0.05) is 12.1 Å². The zero-order chi connectivity index (χ0) is 17.5. The van der Waals surface area contributed by atoms with Crippen molar-refractivity contribution in [2.45, 2.75) is 17.1 Å². The number of methoxy groups -OCH3 is 1. The number of nitrogens with zero attached hydrogens (tertiary/aromatic N) is 2. The summed E-state index contributed by atoms with van der Waals surface area (Å²) in [7, 11) is 1.75. The van der Waals surface area contributed by atoms with Crippen molar-refractivity contribution in [2.75, 3.05) is 56.2 Å². The fraction of sp³-hybridized carbons (Fsp3) is 0.474. The third-order valence-electron chi connectivity index (χ3n) is 4.51. The van der Waals surface area contributed by atoms with Gasteiger partial charge in [0, 0.05) is 26.2 Å². The lowest BCUT2D eigenvalue weighted by molar-refractivity contribution is 0.253. The van der Waals surface area contributed by atoms with Crippen LogP contribution in [0.3, 0.4) is 0 Å². The second kappa shape index (κ2) is 9.36. The van der Waals surface area contributed by atoms with Gasteiger partial charge in [0.1, 0.15) is 5.75 Å². The number of nitrogens with two attached hydrogens (primary N) is 1. The Morgan fingerprint density at radius 2 is 1.88 bits per heavy atom. The lowest BCUT2D eigenvalue weighted by Gasteiger charge is -2.36. The van der Waals surface area contributed by atoms with Crippen LogP contribution in [0.4, 0.5) is 10.7 Å². The van der Waals surface area contributed by atoms with Crippen LogP contribution in [-0.4, -0.2) is 50.5 Å². The molecule has 1 fully saturated rings. The number of piperazine rings is 1. The smallest absolute Gasteiger partial charge is 0.142 e. The highest BCUT2D eigenvalue weighted by Gasteiger charge is 2.18. The Morgan fingerprint density at radius 1 is 1.08 bits per heavy atom. The zero-order valence-electron chi connectivity index (χ0n) is 14.8. The van der Waals surface area contributed by atoms with Gasteiger partial charge >= 0.3 is 0 Å². The predicted octanol–water partition coefficient (Wildman–Crippen LogP) is 4.03. The Balaban J connectivity index is 1.34. The maximum absolute atomic E-state index is 5.76. The molecule has 0 aliphatic carbocycles. The lowest BCUT2D eigenvalue weighted by atomic mass is 10.2. The van der Waals surface area contributed by atoms with Gasteiger partial charge in [0.15, 0.2) is 0 Å². The minimum atomic E-state index is 0.912. The number of thioether (sulfide) groups is 1. The van der Waals surface area contributed by atoms with Crippen molar-refractivity contribution in [1.82, 2.24) is 4.90 Å². The first kappa shape index (κ1) is 18.4. The Bertz CT molecular complexity index is 654. The van der Waals surface area contributed by atoms with E-state index in [0.717, 1.165) is 36.9 Å². The van der Waals surface area contributed by atoms with Crippen LogP contribution in [0.2, 0.25) is 0 Å². The highest BCUT2D eigenvalue weighted by Crippen LogP contribution is 2.30. The molecular weight excluding hydrogens is 350 g/mol. The molecule has 0 atom stereocenters. The summed E-state index contributed by atoms with van der Waals surface area (Å²) in [4.78, 5) is 5.02. The average molecular weight is 378 g/mol. The molecule has 2 N–H and O–H groups in total. The SMILES string of the molecule is COc1ccccc1N1CCN(CCCCSc2ccc(N)s2)CC1. The van der Waals surface area contributed by atoms with Crippen molar-refractivity contribution in [2.24, 2.45) is 0 Å². The van der Waals surface area contributed by atoms with E-state index in [4.69, 9.17) is 10.5 Å². The summed E-state index contributed by atoms with van der Waals surface area (Å²) in [6, 6.07) is 12.4. The molecule has 1 saturated heterocycles. The maximum Gasteiger partial charge on any atom is 0.142 e. The number of nitrogen functional groups attached to an aromatic ring is 1. The van der Waals surface area contributed by atoms with Gasteiger partial charge in [-0.3, -0.25) is 4.90 Å². The minimum Gasteiger partial charge on any atom is -0.495 e. The van der Waals surface area contributed by atoms with Crippen molar-refractivity contribution in [1.29, 1.82) is 0 Å². The molecule has 3 rings (SSSR count). The average Bonchev–Trinajstić information content (AvgIpc) is 3.07. The first-order chi connectivity index (χ1) is 12.3. The van der Waals surface area contributed by atoms with Crippen molar-refractivity contribution in [3.63, 3.8) is 0 Å². The molecule has 4 nitrogen and oxygen atoms in total. The van der Waals surface area contributed by atoms with E-state index in [1.54, 1.807) is 18.4 Å². The molecule has 6 heteroatoms. The van der Waals surface area contributed by atoms with E-state index < -0.39 is 0 Å². The van der Waals surface area contributed by atoms with Gasteiger partial charge in [-0.15, -0.1) is 23.1 Å². The van der Waals surface area contributed by atoms with E-state index in [-0.39, 0.29) is 0 Å². The highest BCUT2D eigenvalue weighted by atomic mass is 32.2. The summed E-state index contributed by atoms with van der Waals surface area (Å²) in [5.74, 6) is 2.16. The van der Waals surface area contributed by atoms with Crippen molar-refractivity contribution in [3.8, 4) is 5.75 Å². The fourth-order valence-electron chi connectivity index (χ4n) is 3.13. The summed E-state index contributed by atoms with van der Waals surface area (Å²) in [6.45, 7) is 5.61. The number of thiophene rings is 1. The number of hydrogen-bond donors (Lipinski definition) is 1. The Hall–Kier alpha value is -1.37.